The molecule has 0 aliphatic carbocycles. The van der Waals surface area contributed by atoms with Crippen LogP contribution in [0.5, 0.6) is 11.5 Å². The number of hydrogen-bond acceptors (Lipinski definition) is 3. The first-order chi connectivity index (χ1) is 6.65. The molecule has 0 N–H and O–H groups in total. The average Bonchev–Trinajstić information content (AvgIpc) is 2.54. The molecule has 0 atom stereocenters. The minimum absolute atomic E-state index is 0.553. The largest absolute Gasteiger partial charge is 0.458 e. The van der Waals surface area contributed by atoms with E-state index in [9.17, 15) is 4.57 Å². The Morgan fingerprint density at radius 1 is 1.29 bits per heavy atom. The van der Waals surface area contributed by atoms with Crippen LogP contribution in [-0.2, 0) is 4.57 Å². The molecule has 14 heavy (non-hydrogen) atoms. The lowest BCUT2D eigenvalue weighted by Crippen LogP contribution is -1.92. The highest BCUT2D eigenvalue weighted by molar-refractivity contribution is 7.59. The van der Waals surface area contributed by atoms with Crippen LogP contribution >= 0.6 is 7.60 Å². The molecule has 0 aromatic heterocycles. The average molecular weight is 210 g/mol. The van der Waals surface area contributed by atoms with Crippen LogP contribution in [0.2, 0.25) is 0 Å². The van der Waals surface area contributed by atoms with Crippen molar-refractivity contribution in [3.05, 3.63) is 35.7 Å². The fourth-order valence-corrected chi connectivity index (χ4v) is 2.64. The number of benzene rings is 1. The summed E-state index contributed by atoms with van der Waals surface area (Å²) >= 11 is 0. The van der Waals surface area contributed by atoms with Crippen molar-refractivity contribution in [3.8, 4) is 11.5 Å². The molecule has 3 nitrogen and oxygen atoms in total. The molecule has 0 radical (unpaired) electrons. The van der Waals surface area contributed by atoms with E-state index in [4.69, 9.17) is 9.05 Å². The Morgan fingerprint density at radius 3 is 2.21 bits per heavy atom. The van der Waals surface area contributed by atoms with Crippen molar-refractivity contribution in [3.63, 3.8) is 0 Å². The molecule has 0 amide bonds. The molecule has 2 rings (SSSR count). The second-order valence-corrected chi connectivity index (χ2v) is 5.12. The standard InChI is InChI=1S/C10H11O3P/c1-3-8(2)14(11)12-9-6-4-5-7-10(9)13-14/h3-7H,1-2H3/b8-3-. The maximum absolute atomic E-state index is 12.1. The Balaban J connectivity index is 2.40. The molecule has 0 spiro atoms. The lowest BCUT2D eigenvalue weighted by Gasteiger charge is -2.09. The number of rotatable bonds is 1. The van der Waals surface area contributed by atoms with Crippen molar-refractivity contribution >= 4 is 7.60 Å². The SMILES string of the molecule is C/C=C(/C)P1(=O)Oc2ccccc2O1. The van der Waals surface area contributed by atoms with Gasteiger partial charge in [-0.2, -0.15) is 0 Å². The van der Waals surface area contributed by atoms with E-state index in [0.717, 1.165) is 0 Å². The summed E-state index contributed by atoms with van der Waals surface area (Å²) in [5, 5.41) is 0.633. The van der Waals surface area contributed by atoms with Gasteiger partial charge in [0.2, 0.25) is 0 Å². The molecule has 74 valence electrons. The Labute approximate surface area is 82.9 Å². The summed E-state index contributed by atoms with van der Waals surface area (Å²) in [6.45, 7) is 3.55. The first-order valence-electron chi connectivity index (χ1n) is 4.37. The van der Waals surface area contributed by atoms with Crippen molar-refractivity contribution < 1.29 is 13.6 Å². The number of fused-ring (bicyclic) bond motifs is 1. The lowest BCUT2D eigenvalue weighted by molar-refractivity contribution is 0.439. The first kappa shape index (κ1) is 9.35. The van der Waals surface area contributed by atoms with Crippen LogP contribution in [0, 0.1) is 0 Å². The Morgan fingerprint density at radius 2 is 1.79 bits per heavy atom. The van der Waals surface area contributed by atoms with Gasteiger partial charge in [-0.25, -0.2) is 4.57 Å². The van der Waals surface area contributed by atoms with Gasteiger partial charge >= 0.3 is 7.60 Å². The highest BCUT2D eigenvalue weighted by atomic mass is 31.2. The Hall–Kier alpha value is -1.21. The zero-order valence-corrected chi connectivity index (χ0v) is 8.95. The Kier molecular flexibility index (Phi) is 2.12. The topological polar surface area (TPSA) is 35.5 Å². The molecule has 0 unspecified atom stereocenters. The van der Waals surface area contributed by atoms with Crippen LogP contribution in [0.15, 0.2) is 35.7 Å². The van der Waals surface area contributed by atoms with Gasteiger partial charge < -0.3 is 9.05 Å². The van der Waals surface area contributed by atoms with Crippen molar-refractivity contribution in [1.29, 1.82) is 0 Å². The number of hydrogen-bond donors (Lipinski definition) is 0. The molecular formula is C10H11O3P. The smallest absolute Gasteiger partial charge is 0.409 e. The molecule has 1 aromatic rings. The van der Waals surface area contributed by atoms with Gasteiger partial charge in [0.25, 0.3) is 0 Å². The predicted molar refractivity (Wildman–Crippen MR) is 54.7 cm³/mol. The van der Waals surface area contributed by atoms with Crippen molar-refractivity contribution in [2.75, 3.05) is 0 Å². The first-order valence-corrected chi connectivity index (χ1v) is 5.92. The van der Waals surface area contributed by atoms with Crippen LogP contribution in [0.25, 0.3) is 0 Å². The van der Waals surface area contributed by atoms with Crippen LogP contribution in [0.3, 0.4) is 0 Å². The molecule has 4 heteroatoms. The van der Waals surface area contributed by atoms with Gasteiger partial charge in [-0.1, -0.05) is 18.2 Å². The van der Waals surface area contributed by atoms with E-state index in [1.54, 1.807) is 25.1 Å². The van der Waals surface area contributed by atoms with Gasteiger partial charge in [0, 0.05) is 0 Å². The molecule has 0 saturated heterocycles. The number of para-hydroxylation sites is 2. The van der Waals surface area contributed by atoms with Crippen LogP contribution in [-0.4, -0.2) is 0 Å². The third kappa shape index (κ3) is 1.34. The van der Waals surface area contributed by atoms with E-state index < -0.39 is 7.60 Å². The fourth-order valence-electron chi connectivity index (χ4n) is 1.18. The maximum Gasteiger partial charge on any atom is 0.458 e. The summed E-state index contributed by atoms with van der Waals surface area (Å²) in [4.78, 5) is 0. The third-order valence-corrected chi connectivity index (χ3v) is 4.13. The Bertz CT molecular complexity index is 408. The molecule has 1 aliphatic heterocycles. The van der Waals surface area contributed by atoms with E-state index in [2.05, 4.69) is 0 Å². The van der Waals surface area contributed by atoms with Crippen molar-refractivity contribution in [2.45, 2.75) is 13.8 Å². The van der Waals surface area contributed by atoms with Gasteiger partial charge in [-0.3, -0.25) is 0 Å². The minimum Gasteiger partial charge on any atom is -0.409 e. The zero-order chi connectivity index (χ0) is 10.2. The minimum atomic E-state index is -3.08. The molecule has 1 aliphatic rings. The molecule has 0 fully saturated rings. The van der Waals surface area contributed by atoms with Crippen LogP contribution in [0.4, 0.5) is 0 Å². The summed E-state index contributed by atoms with van der Waals surface area (Å²) in [5.74, 6) is 1.11. The predicted octanol–water partition coefficient (Wildman–Crippen LogP) is 3.57. The summed E-state index contributed by atoms with van der Waals surface area (Å²) in [7, 11) is -3.08. The van der Waals surface area contributed by atoms with Gasteiger partial charge in [-0.05, 0) is 26.0 Å². The second-order valence-electron chi connectivity index (χ2n) is 3.06. The van der Waals surface area contributed by atoms with E-state index >= 15 is 0 Å². The van der Waals surface area contributed by atoms with E-state index in [1.807, 2.05) is 19.1 Å². The molecule has 1 aromatic carbocycles. The highest BCUT2D eigenvalue weighted by Gasteiger charge is 2.37. The summed E-state index contributed by atoms with van der Waals surface area (Å²) in [6.07, 6.45) is 1.74. The molecule has 0 saturated carbocycles. The molecule has 1 heterocycles. The van der Waals surface area contributed by atoms with Crippen molar-refractivity contribution in [1.82, 2.24) is 0 Å². The van der Waals surface area contributed by atoms with Crippen LogP contribution < -0.4 is 9.05 Å². The fraction of sp³-hybridized carbons (Fsp3) is 0.200. The summed E-state index contributed by atoms with van der Waals surface area (Å²) < 4.78 is 22.7. The molecular weight excluding hydrogens is 199 g/mol. The van der Waals surface area contributed by atoms with E-state index in [1.165, 1.54) is 0 Å². The maximum atomic E-state index is 12.1. The van der Waals surface area contributed by atoms with Gasteiger partial charge in [0.05, 0.1) is 5.31 Å². The third-order valence-electron chi connectivity index (χ3n) is 2.14. The van der Waals surface area contributed by atoms with Gasteiger partial charge in [-0.15, -0.1) is 0 Å². The van der Waals surface area contributed by atoms with Gasteiger partial charge in [0.15, 0.2) is 11.5 Å². The lowest BCUT2D eigenvalue weighted by atomic mass is 10.3. The quantitative estimate of drug-likeness (QED) is 0.664. The zero-order valence-electron chi connectivity index (χ0n) is 8.06. The normalized spacial score (nSPS) is 18.3. The van der Waals surface area contributed by atoms with Gasteiger partial charge in [0.1, 0.15) is 0 Å². The highest BCUT2D eigenvalue weighted by Crippen LogP contribution is 2.62. The van der Waals surface area contributed by atoms with E-state index in [-0.39, 0.29) is 0 Å². The summed E-state index contributed by atoms with van der Waals surface area (Å²) in [5.41, 5.74) is 0. The second kappa shape index (κ2) is 3.18. The summed E-state index contributed by atoms with van der Waals surface area (Å²) in [6, 6.07) is 7.14. The molecule has 0 bridgehead atoms. The monoisotopic (exact) mass is 210 g/mol. The number of allylic oxidation sites excluding steroid dienone is 2. The van der Waals surface area contributed by atoms with E-state index in [0.29, 0.717) is 16.8 Å². The van der Waals surface area contributed by atoms with Crippen LogP contribution in [0.1, 0.15) is 13.8 Å². The van der Waals surface area contributed by atoms with Crippen molar-refractivity contribution in [2.24, 2.45) is 0 Å².